The number of halogens is 1. The van der Waals surface area contributed by atoms with Gasteiger partial charge in [-0.25, -0.2) is 0 Å². The molecule has 0 aliphatic heterocycles. The highest BCUT2D eigenvalue weighted by Crippen LogP contribution is 2.28. The van der Waals surface area contributed by atoms with Gasteiger partial charge in [-0.1, -0.05) is 28.1 Å². The first kappa shape index (κ1) is 15.5. The third-order valence-corrected chi connectivity index (χ3v) is 3.80. The molecule has 0 unspecified atom stereocenters. The Balaban J connectivity index is 1.88. The molecule has 0 radical (unpaired) electrons. The molecule has 1 fully saturated rings. The normalized spacial score (nSPS) is 14.3. The standard InChI is InChI=1S/C15H21BrN2O2/c1-20-8-7-17-10-15(19)18(14-5-6-14)11-12-3-2-4-13(16)9-12/h2-4,9,14,17H,5-8,10-11H2,1H3. The van der Waals surface area contributed by atoms with E-state index in [1.807, 2.05) is 17.0 Å². The van der Waals surface area contributed by atoms with Crippen molar-refractivity contribution in [1.82, 2.24) is 10.2 Å². The number of nitrogens with zero attached hydrogens (tertiary/aromatic N) is 1. The van der Waals surface area contributed by atoms with E-state index in [0.717, 1.165) is 22.9 Å². The quantitative estimate of drug-likeness (QED) is 0.737. The van der Waals surface area contributed by atoms with Crippen molar-refractivity contribution in [3.8, 4) is 0 Å². The molecule has 1 aromatic rings. The molecule has 1 aliphatic carbocycles. The Labute approximate surface area is 128 Å². The first-order valence-corrected chi connectivity index (χ1v) is 7.73. The zero-order chi connectivity index (χ0) is 14.4. The first-order valence-electron chi connectivity index (χ1n) is 6.94. The summed E-state index contributed by atoms with van der Waals surface area (Å²) < 4.78 is 6.01. The number of hydrogen-bond acceptors (Lipinski definition) is 3. The maximum Gasteiger partial charge on any atom is 0.237 e. The molecule has 20 heavy (non-hydrogen) atoms. The maximum atomic E-state index is 12.3. The van der Waals surface area contributed by atoms with Crippen molar-refractivity contribution in [3.05, 3.63) is 34.3 Å². The van der Waals surface area contributed by atoms with Crippen LogP contribution in [0.1, 0.15) is 18.4 Å². The van der Waals surface area contributed by atoms with E-state index in [4.69, 9.17) is 4.74 Å². The summed E-state index contributed by atoms with van der Waals surface area (Å²) in [6.07, 6.45) is 2.25. The van der Waals surface area contributed by atoms with Gasteiger partial charge in [-0.2, -0.15) is 0 Å². The summed E-state index contributed by atoms with van der Waals surface area (Å²) in [6.45, 7) is 2.41. The van der Waals surface area contributed by atoms with Crippen LogP contribution in [0, 0.1) is 0 Å². The van der Waals surface area contributed by atoms with Gasteiger partial charge in [0.1, 0.15) is 0 Å². The van der Waals surface area contributed by atoms with E-state index in [9.17, 15) is 4.79 Å². The van der Waals surface area contributed by atoms with Gasteiger partial charge in [0.2, 0.25) is 5.91 Å². The van der Waals surface area contributed by atoms with Crippen molar-refractivity contribution in [1.29, 1.82) is 0 Å². The fourth-order valence-corrected chi connectivity index (χ4v) is 2.56. The van der Waals surface area contributed by atoms with Gasteiger partial charge in [-0.05, 0) is 30.5 Å². The fourth-order valence-electron chi connectivity index (χ4n) is 2.11. The second-order valence-corrected chi connectivity index (χ2v) is 5.97. The number of nitrogens with one attached hydrogen (secondary N) is 1. The number of rotatable bonds is 8. The average molecular weight is 341 g/mol. The molecule has 5 heteroatoms. The highest BCUT2D eigenvalue weighted by molar-refractivity contribution is 9.10. The molecule has 0 bridgehead atoms. The lowest BCUT2D eigenvalue weighted by atomic mass is 10.2. The van der Waals surface area contributed by atoms with Crippen LogP contribution < -0.4 is 5.32 Å². The lowest BCUT2D eigenvalue weighted by Crippen LogP contribution is -2.40. The molecule has 110 valence electrons. The summed E-state index contributed by atoms with van der Waals surface area (Å²) in [7, 11) is 1.66. The van der Waals surface area contributed by atoms with Crippen LogP contribution >= 0.6 is 15.9 Å². The van der Waals surface area contributed by atoms with Crippen LogP contribution in [0.3, 0.4) is 0 Å². The molecular formula is C15H21BrN2O2. The Morgan fingerprint density at radius 2 is 2.30 bits per heavy atom. The van der Waals surface area contributed by atoms with Crippen LogP contribution in [0.5, 0.6) is 0 Å². The number of hydrogen-bond donors (Lipinski definition) is 1. The highest BCUT2D eigenvalue weighted by atomic mass is 79.9. The molecule has 0 atom stereocenters. The molecule has 1 aliphatic rings. The van der Waals surface area contributed by atoms with Gasteiger partial charge in [0, 0.05) is 30.7 Å². The van der Waals surface area contributed by atoms with E-state index in [1.54, 1.807) is 7.11 Å². The van der Waals surface area contributed by atoms with Crippen LogP contribution in [-0.4, -0.2) is 43.7 Å². The molecule has 1 saturated carbocycles. The minimum atomic E-state index is 0.170. The number of methoxy groups -OCH3 is 1. The Bertz CT molecular complexity index is 449. The summed E-state index contributed by atoms with van der Waals surface area (Å²) in [4.78, 5) is 14.3. The highest BCUT2D eigenvalue weighted by Gasteiger charge is 2.32. The average Bonchev–Trinajstić information content (AvgIpc) is 3.25. The summed E-state index contributed by atoms with van der Waals surface area (Å²) >= 11 is 3.47. The SMILES string of the molecule is COCCNCC(=O)N(Cc1cccc(Br)c1)C1CC1. The predicted octanol–water partition coefficient (Wildman–Crippen LogP) is 2.18. The number of carbonyl (C=O) groups is 1. The molecule has 0 heterocycles. The zero-order valence-electron chi connectivity index (χ0n) is 11.8. The fraction of sp³-hybridized carbons (Fsp3) is 0.533. The van der Waals surface area contributed by atoms with Crippen LogP contribution in [0.25, 0.3) is 0 Å². The van der Waals surface area contributed by atoms with E-state index in [1.165, 1.54) is 0 Å². The minimum Gasteiger partial charge on any atom is -0.383 e. The van der Waals surface area contributed by atoms with E-state index < -0.39 is 0 Å². The van der Waals surface area contributed by atoms with Gasteiger partial charge in [0.25, 0.3) is 0 Å². The summed E-state index contributed by atoms with van der Waals surface area (Å²) in [6, 6.07) is 8.56. The van der Waals surface area contributed by atoms with Gasteiger partial charge in [-0.3, -0.25) is 4.79 Å². The van der Waals surface area contributed by atoms with Crippen molar-refractivity contribution in [2.24, 2.45) is 0 Å². The van der Waals surface area contributed by atoms with Crippen molar-refractivity contribution in [2.45, 2.75) is 25.4 Å². The molecule has 1 amide bonds. The van der Waals surface area contributed by atoms with Crippen molar-refractivity contribution in [2.75, 3.05) is 26.8 Å². The minimum absolute atomic E-state index is 0.170. The Kier molecular flexibility index (Phi) is 6.01. The monoisotopic (exact) mass is 340 g/mol. The van der Waals surface area contributed by atoms with Crippen molar-refractivity contribution < 1.29 is 9.53 Å². The van der Waals surface area contributed by atoms with Crippen LogP contribution in [0.15, 0.2) is 28.7 Å². The second kappa shape index (κ2) is 7.76. The number of amides is 1. The van der Waals surface area contributed by atoms with E-state index in [2.05, 4.69) is 33.4 Å². The molecule has 0 spiro atoms. The lowest BCUT2D eigenvalue weighted by Gasteiger charge is -2.23. The van der Waals surface area contributed by atoms with Crippen molar-refractivity contribution >= 4 is 21.8 Å². The maximum absolute atomic E-state index is 12.3. The zero-order valence-corrected chi connectivity index (χ0v) is 13.4. The van der Waals surface area contributed by atoms with Gasteiger partial charge in [-0.15, -0.1) is 0 Å². The van der Waals surface area contributed by atoms with Gasteiger partial charge < -0.3 is 15.0 Å². The molecule has 4 nitrogen and oxygen atoms in total. The number of ether oxygens (including phenoxy) is 1. The third kappa shape index (κ3) is 4.89. The molecule has 1 aromatic carbocycles. The summed E-state index contributed by atoms with van der Waals surface area (Å²) in [5.41, 5.74) is 1.16. The third-order valence-electron chi connectivity index (χ3n) is 3.31. The number of carbonyl (C=O) groups excluding carboxylic acids is 1. The molecule has 0 aromatic heterocycles. The largest absolute Gasteiger partial charge is 0.383 e. The topological polar surface area (TPSA) is 41.6 Å². The molecular weight excluding hydrogens is 320 g/mol. The molecule has 0 saturated heterocycles. The van der Waals surface area contributed by atoms with Crippen LogP contribution in [0.4, 0.5) is 0 Å². The second-order valence-electron chi connectivity index (χ2n) is 5.05. The van der Waals surface area contributed by atoms with Gasteiger partial charge in [0.15, 0.2) is 0 Å². The van der Waals surface area contributed by atoms with Crippen LogP contribution in [0.2, 0.25) is 0 Å². The van der Waals surface area contributed by atoms with Gasteiger partial charge >= 0.3 is 0 Å². The van der Waals surface area contributed by atoms with E-state index in [-0.39, 0.29) is 5.91 Å². The first-order chi connectivity index (χ1) is 9.70. The summed E-state index contributed by atoms with van der Waals surface area (Å²) in [5.74, 6) is 0.170. The Morgan fingerprint density at radius 3 is 2.95 bits per heavy atom. The van der Waals surface area contributed by atoms with Gasteiger partial charge in [0.05, 0.1) is 13.2 Å². The molecule has 2 rings (SSSR count). The van der Waals surface area contributed by atoms with E-state index in [0.29, 0.717) is 32.3 Å². The Morgan fingerprint density at radius 1 is 1.50 bits per heavy atom. The number of benzene rings is 1. The van der Waals surface area contributed by atoms with Crippen molar-refractivity contribution in [3.63, 3.8) is 0 Å². The lowest BCUT2D eigenvalue weighted by molar-refractivity contribution is -0.131. The molecule has 1 N–H and O–H groups in total. The smallest absolute Gasteiger partial charge is 0.237 e. The summed E-state index contributed by atoms with van der Waals surface area (Å²) in [5, 5.41) is 3.12. The van der Waals surface area contributed by atoms with Crippen LogP contribution in [-0.2, 0) is 16.1 Å². The van der Waals surface area contributed by atoms with E-state index >= 15 is 0 Å². The Hall–Kier alpha value is -0.910. The predicted molar refractivity (Wildman–Crippen MR) is 82.5 cm³/mol.